The van der Waals surface area contributed by atoms with Gasteiger partial charge < -0.3 is 9.51 Å². The number of H-pyrrole nitrogens is 1. The number of fused-ring (bicyclic) bond motifs is 3. The smallest absolute Gasteiger partial charge is 0.141 e. The van der Waals surface area contributed by atoms with Gasteiger partial charge in [0.2, 0.25) is 0 Å². The Bertz CT molecular complexity index is 959. The third-order valence-electron chi connectivity index (χ3n) is 3.90. The number of nitrogens with one attached hydrogen (secondary N) is 1. The molecule has 0 amide bonds. The molecular formula is C17H15N3O. The van der Waals surface area contributed by atoms with Crippen molar-refractivity contribution >= 4 is 21.9 Å². The minimum atomic E-state index is 0.844. The molecule has 1 aromatic carbocycles. The number of benzene rings is 1. The highest BCUT2D eigenvalue weighted by Crippen LogP contribution is 2.31. The molecule has 3 heterocycles. The number of aromatic nitrogens is 3. The number of aryl methyl sites for hydroxylation is 3. The summed E-state index contributed by atoms with van der Waals surface area (Å²) in [5.41, 5.74) is 7.29. The van der Waals surface area contributed by atoms with Gasteiger partial charge in [0.05, 0.1) is 16.7 Å². The van der Waals surface area contributed by atoms with E-state index in [1.807, 2.05) is 26.8 Å². The number of aromatic amines is 1. The average molecular weight is 277 g/mol. The first kappa shape index (κ1) is 12.1. The van der Waals surface area contributed by atoms with Crippen LogP contribution in [-0.4, -0.2) is 15.1 Å². The third-order valence-corrected chi connectivity index (χ3v) is 3.90. The minimum absolute atomic E-state index is 0.844. The lowest BCUT2D eigenvalue weighted by Crippen LogP contribution is -1.82. The fourth-order valence-corrected chi connectivity index (χ4v) is 2.91. The van der Waals surface area contributed by atoms with Crippen LogP contribution in [0.15, 0.2) is 34.9 Å². The zero-order chi connectivity index (χ0) is 14.6. The Labute approximate surface area is 121 Å². The second-order valence-electron chi connectivity index (χ2n) is 5.43. The van der Waals surface area contributed by atoms with Crippen molar-refractivity contribution < 1.29 is 4.52 Å². The molecule has 4 rings (SSSR count). The number of hydrogen-bond donors (Lipinski definition) is 1. The zero-order valence-corrected chi connectivity index (χ0v) is 12.2. The van der Waals surface area contributed by atoms with Gasteiger partial charge in [-0.25, -0.2) is 0 Å². The second kappa shape index (κ2) is 4.19. The van der Waals surface area contributed by atoms with Crippen molar-refractivity contribution in [2.24, 2.45) is 0 Å². The van der Waals surface area contributed by atoms with Crippen molar-refractivity contribution in [3.05, 3.63) is 47.5 Å². The molecule has 0 atom stereocenters. The molecule has 0 saturated carbocycles. The number of hydrogen-bond acceptors (Lipinski definition) is 3. The second-order valence-corrected chi connectivity index (χ2v) is 5.43. The molecule has 0 spiro atoms. The largest absolute Gasteiger partial charge is 0.361 e. The van der Waals surface area contributed by atoms with Gasteiger partial charge in [-0.05, 0) is 44.5 Å². The molecule has 0 radical (unpaired) electrons. The predicted octanol–water partition coefficient (Wildman–Crippen LogP) is 4.30. The number of pyridine rings is 1. The zero-order valence-electron chi connectivity index (χ0n) is 12.2. The van der Waals surface area contributed by atoms with Crippen molar-refractivity contribution in [2.45, 2.75) is 20.8 Å². The fourth-order valence-electron chi connectivity index (χ4n) is 2.91. The first-order valence-corrected chi connectivity index (χ1v) is 6.96. The summed E-state index contributed by atoms with van der Waals surface area (Å²) >= 11 is 0. The van der Waals surface area contributed by atoms with E-state index in [0.717, 1.165) is 50.2 Å². The van der Waals surface area contributed by atoms with Gasteiger partial charge in [0.25, 0.3) is 0 Å². The van der Waals surface area contributed by atoms with Crippen LogP contribution < -0.4 is 0 Å². The van der Waals surface area contributed by atoms with E-state index in [1.54, 1.807) is 0 Å². The van der Waals surface area contributed by atoms with E-state index in [-0.39, 0.29) is 0 Å². The summed E-state index contributed by atoms with van der Waals surface area (Å²) in [5.74, 6) is 0.844. The molecule has 0 aliphatic heterocycles. The molecule has 0 saturated heterocycles. The monoisotopic (exact) mass is 277 g/mol. The summed E-state index contributed by atoms with van der Waals surface area (Å²) in [7, 11) is 0. The molecule has 4 aromatic rings. The first-order chi connectivity index (χ1) is 10.1. The van der Waals surface area contributed by atoms with E-state index in [4.69, 9.17) is 4.52 Å². The van der Waals surface area contributed by atoms with Crippen molar-refractivity contribution in [3.8, 4) is 11.1 Å². The normalized spacial score (nSPS) is 11.6. The fraction of sp³-hybridized carbons (Fsp3) is 0.176. The first-order valence-electron chi connectivity index (χ1n) is 6.96. The maximum atomic E-state index is 5.26. The van der Waals surface area contributed by atoms with Crippen molar-refractivity contribution in [3.63, 3.8) is 0 Å². The highest BCUT2D eigenvalue weighted by Gasteiger charge is 2.13. The quantitative estimate of drug-likeness (QED) is 0.564. The molecule has 0 bridgehead atoms. The van der Waals surface area contributed by atoms with E-state index in [0.29, 0.717) is 0 Å². The van der Waals surface area contributed by atoms with Crippen LogP contribution in [-0.2, 0) is 0 Å². The summed E-state index contributed by atoms with van der Waals surface area (Å²) in [6.45, 7) is 5.91. The maximum absolute atomic E-state index is 5.26. The average Bonchev–Trinajstić information content (AvgIpc) is 2.98. The Morgan fingerprint density at radius 2 is 1.86 bits per heavy atom. The summed E-state index contributed by atoms with van der Waals surface area (Å²) in [4.78, 5) is 8.06. The Hall–Kier alpha value is -2.62. The SMILES string of the molecule is Cc1ccc2[nH]c3cc(-c4c(C)noc4C)ccc3c2n1. The van der Waals surface area contributed by atoms with Crippen LogP contribution in [0.5, 0.6) is 0 Å². The van der Waals surface area contributed by atoms with Gasteiger partial charge in [0.15, 0.2) is 0 Å². The predicted molar refractivity (Wildman–Crippen MR) is 83.3 cm³/mol. The molecule has 0 fully saturated rings. The van der Waals surface area contributed by atoms with E-state index >= 15 is 0 Å². The molecule has 21 heavy (non-hydrogen) atoms. The Kier molecular flexibility index (Phi) is 2.42. The van der Waals surface area contributed by atoms with Crippen LogP contribution in [0.1, 0.15) is 17.1 Å². The Morgan fingerprint density at radius 1 is 1.00 bits per heavy atom. The van der Waals surface area contributed by atoms with Crippen LogP contribution in [0.4, 0.5) is 0 Å². The lowest BCUT2D eigenvalue weighted by molar-refractivity contribution is 0.393. The standard InChI is InChI=1S/C17H15N3O/c1-9-4-7-14-17(18-9)13-6-5-12(8-15(13)19-14)16-10(2)20-21-11(16)3/h4-8,19H,1-3H3. The highest BCUT2D eigenvalue weighted by molar-refractivity contribution is 6.06. The maximum Gasteiger partial charge on any atom is 0.141 e. The summed E-state index contributed by atoms with van der Waals surface area (Å²) in [6.07, 6.45) is 0. The minimum Gasteiger partial charge on any atom is -0.361 e. The van der Waals surface area contributed by atoms with Crippen molar-refractivity contribution in [1.82, 2.24) is 15.1 Å². The van der Waals surface area contributed by atoms with Gasteiger partial charge in [-0.3, -0.25) is 4.98 Å². The Balaban J connectivity index is 2.01. The molecule has 3 aromatic heterocycles. The lowest BCUT2D eigenvalue weighted by Gasteiger charge is -2.00. The molecular weight excluding hydrogens is 262 g/mol. The van der Waals surface area contributed by atoms with Crippen LogP contribution in [0, 0.1) is 20.8 Å². The van der Waals surface area contributed by atoms with Gasteiger partial charge in [-0.15, -0.1) is 0 Å². The molecule has 0 aliphatic rings. The number of rotatable bonds is 1. The molecule has 1 N–H and O–H groups in total. The van der Waals surface area contributed by atoms with E-state index in [1.165, 1.54) is 0 Å². The summed E-state index contributed by atoms with van der Waals surface area (Å²) in [6, 6.07) is 10.5. The molecule has 4 heteroatoms. The number of nitrogens with zero attached hydrogens (tertiary/aromatic N) is 2. The van der Waals surface area contributed by atoms with Crippen LogP contribution in [0.25, 0.3) is 33.1 Å². The van der Waals surface area contributed by atoms with E-state index < -0.39 is 0 Å². The van der Waals surface area contributed by atoms with Gasteiger partial charge >= 0.3 is 0 Å². The van der Waals surface area contributed by atoms with Gasteiger partial charge in [-0.1, -0.05) is 17.3 Å². The van der Waals surface area contributed by atoms with Gasteiger partial charge in [-0.2, -0.15) is 0 Å². The molecule has 0 aliphatic carbocycles. The van der Waals surface area contributed by atoms with Crippen LogP contribution in [0.2, 0.25) is 0 Å². The summed E-state index contributed by atoms with van der Waals surface area (Å²) in [5, 5.41) is 5.17. The third kappa shape index (κ3) is 1.76. The molecule has 4 nitrogen and oxygen atoms in total. The highest BCUT2D eigenvalue weighted by atomic mass is 16.5. The van der Waals surface area contributed by atoms with Crippen molar-refractivity contribution in [2.75, 3.05) is 0 Å². The molecule has 104 valence electrons. The van der Waals surface area contributed by atoms with Crippen molar-refractivity contribution in [1.29, 1.82) is 0 Å². The molecule has 0 unspecified atom stereocenters. The lowest BCUT2D eigenvalue weighted by atomic mass is 10.0. The van der Waals surface area contributed by atoms with Gasteiger partial charge in [0.1, 0.15) is 5.76 Å². The van der Waals surface area contributed by atoms with E-state index in [9.17, 15) is 0 Å². The Morgan fingerprint density at radius 3 is 2.62 bits per heavy atom. The van der Waals surface area contributed by atoms with Gasteiger partial charge in [0, 0.05) is 22.2 Å². The topological polar surface area (TPSA) is 54.7 Å². The summed E-state index contributed by atoms with van der Waals surface area (Å²) < 4.78 is 5.26. The van der Waals surface area contributed by atoms with Crippen LogP contribution in [0.3, 0.4) is 0 Å². The van der Waals surface area contributed by atoms with E-state index in [2.05, 4.69) is 39.4 Å². The van der Waals surface area contributed by atoms with Crippen LogP contribution >= 0.6 is 0 Å².